The number of rotatable bonds is 2. The number of halogens is 2. The molecule has 0 bridgehead atoms. The second kappa shape index (κ2) is 5.98. The average molecular weight is 344 g/mol. The molecule has 1 saturated heterocycles. The van der Waals surface area contributed by atoms with Crippen LogP contribution in [0.4, 0.5) is 0 Å². The summed E-state index contributed by atoms with van der Waals surface area (Å²) in [6, 6.07) is 9.08. The van der Waals surface area contributed by atoms with Gasteiger partial charge >= 0.3 is 0 Å². The van der Waals surface area contributed by atoms with Gasteiger partial charge in [0.15, 0.2) is 0 Å². The average Bonchev–Trinajstić information content (AvgIpc) is 3.09. The van der Waals surface area contributed by atoms with Gasteiger partial charge in [0, 0.05) is 22.2 Å². The second-order valence-electron chi connectivity index (χ2n) is 4.36. The van der Waals surface area contributed by atoms with Crippen molar-refractivity contribution in [2.24, 2.45) is 0 Å². The fraction of sp³-hybridized carbons (Fsp3) is 0.214. The van der Waals surface area contributed by atoms with Crippen LogP contribution in [0.1, 0.15) is 20.6 Å². The summed E-state index contributed by atoms with van der Waals surface area (Å²) >= 11 is 15.5. The highest BCUT2D eigenvalue weighted by Gasteiger charge is 2.32. The molecule has 2 aromatic rings. The Kier molecular flexibility index (Phi) is 4.26. The van der Waals surface area contributed by atoms with E-state index in [2.05, 4.69) is 6.07 Å². The van der Waals surface area contributed by atoms with E-state index in [1.165, 1.54) is 4.88 Å². The Hall–Kier alpha value is -0.680. The lowest BCUT2D eigenvalue weighted by atomic mass is 10.2. The van der Waals surface area contributed by atoms with Gasteiger partial charge in [-0.25, -0.2) is 0 Å². The summed E-state index contributed by atoms with van der Waals surface area (Å²) < 4.78 is 0. The molecule has 1 fully saturated rings. The van der Waals surface area contributed by atoms with E-state index in [-0.39, 0.29) is 11.3 Å². The molecule has 2 nitrogen and oxygen atoms in total. The third-order valence-corrected chi connectivity index (χ3v) is 5.96. The minimum absolute atomic E-state index is 0.0323. The van der Waals surface area contributed by atoms with Crippen LogP contribution < -0.4 is 0 Å². The highest BCUT2D eigenvalue weighted by molar-refractivity contribution is 7.99. The van der Waals surface area contributed by atoms with Crippen molar-refractivity contribution in [3.05, 3.63) is 56.2 Å². The first-order valence-electron chi connectivity index (χ1n) is 6.08. The lowest BCUT2D eigenvalue weighted by molar-refractivity contribution is 0.0762. The molecule has 20 heavy (non-hydrogen) atoms. The summed E-state index contributed by atoms with van der Waals surface area (Å²) in [6.45, 7) is 0.741. The number of nitrogens with zero attached hydrogens (tertiary/aromatic N) is 1. The Morgan fingerprint density at radius 2 is 2.15 bits per heavy atom. The molecule has 1 aliphatic heterocycles. The minimum atomic E-state index is -0.0323. The Bertz CT molecular complexity index is 630. The van der Waals surface area contributed by atoms with E-state index < -0.39 is 0 Å². The summed E-state index contributed by atoms with van der Waals surface area (Å²) in [5.41, 5.74) is 0.514. The lowest BCUT2D eigenvalue weighted by Gasteiger charge is -2.23. The zero-order valence-corrected chi connectivity index (χ0v) is 13.5. The Morgan fingerprint density at radius 1 is 1.30 bits per heavy atom. The molecule has 6 heteroatoms. The SMILES string of the molecule is O=C(c1ccc(Cl)cc1Cl)N1CCSC1c1cccs1. The molecule has 0 radical (unpaired) electrons. The van der Waals surface area contributed by atoms with Crippen LogP contribution in [0.25, 0.3) is 0 Å². The number of hydrogen-bond donors (Lipinski definition) is 0. The molecule has 0 N–H and O–H groups in total. The molecular formula is C14H11Cl2NOS2. The number of thiophene rings is 1. The summed E-state index contributed by atoms with van der Waals surface area (Å²) in [5, 5.41) is 3.07. The van der Waals surface area contributed by atoms with E-state index in [9.17, 15) is 4.79 Å². The van der Waals surface area contributed by atoms with Crippen molar-refractivity contribution in [2.75, 3.05) is 12.3 Å². The van der Waals surface area contributed by atoms with Crippen LogP contribution in [-0.2, 0) is 0 Å². The zero-order chi connectivity index (χ0) is 14.1. The van der Waals surface area contributed by atoms with Gasteiger partial charge < -0.3 is 4.90 Å². The van der Waals surface area contributed by atoms with Crippen LogP contribution in [0.2, 0.25) is 10.0 Å². The molecule has 0 saturated carbocycles. The van der Waals surface area contributed by atoms with E-state index in [0.29, 0.717) is 15.6 Å². The van der Waals surface area contributed by atoms with Crippen LogP contribution in [-0.4, -0.2) is 23.1 Å². The standard InChI is InChI=1S/C14H11Cl2NOS2/c15-9-3-4-10(11(16)8-9)13(18)17-5-7-20-14(17)12-2-1-6-19-12/h1-4,6,8,14H,5,7H2. The summed E-state index contributed by atoms with van der Waals surface area (Å²) in [7, 11) is 0. The largest absolute Gasteiger partial charge is 0.321 e. The second-order valence-corrected chi connectivity index (χ2v) is 7.37. The lowest BCUT2D eigenvalue weighted by Crippen LogP contribution is -2.30. The molecule has 104 valence electrons. The van der Waals surface area contributed by atoms with E-state index in [0.717, 1.165) is 12.3 Å². The molecule has 1 amide bonds. The summed E-state index contributed by atoms with van der Waals surface area (Å²) in [4.78, 5) is 15.8. The Morgan fingerprint density at radius 3 is 2.85 bits per heavy atom. The topological polar surface area (TPSA) is 20.3 Å². The summed E-state index contributed by atoms with van der Waals surface area (Å²) in [6.07, 6.45) is 0. The normalized spacial score (nSPS) is 18.5. The maximum atomic E-state index is 12.7. The van der Waals surface area contributed by atoms with Gasteiger partial charge in [-0.05, 0) is 29.6 Å². The van der Waals surface area contributed by atoms with Crippen molar-refractivity contribution in [3.8, 4) is 0 Å². The number of carbonyl (C=O) groups excluding carboxylic acids is 1. The molecule has 1 aromatic carbocycles. The van der Waals surface area contributed by atoms with E-state index in [1.807, 2.05) is 16.3 Å². The third-order valence-electron chi connectivity index (χ3n) is 3.10. The maximum Gasteiger partial charge on any atom is 0.256 e. The number of thioether (sulfide) groups is 1. The zero-order valence-electron chi connectivity index (χ0n) is 10.4. The third kappa shape index (κ3) is 2.70. The first-order valence-corrected chi connectivity index (χ1v) is 8.76. The maximum absolute atomic E-state index is 12.7. The molecule has 3 rings (SSSR count). The highest BCUT2D eigenvalue weighted by Crippen LogP contribution is 2.41. The van der Waals surface area contributed by atoms with Crippen molar-refractivity contribution in [1.29, 1.82) is 0 Å². The molecule has 2 heterocycles. The van der Waals surface area contributed by atoms with Gasteiger partial charge in [-0.3, -0.25) is 4.79 Å². The van der Waals surface area contributed by atoms with E-state index in [1.54, 1.807) is 41.3 Å². The molecule has 1 aromatic heterocycles. The molecule has 0 spiro atoms. The van der Waals surface area contributed by atoms with Gasteiger partial charge in [-0.15, -0.1) is 23.1 Å². The van der Waals surface area contributed by atoms with Gasteiger partial charge in [0.2, 0.25) is 0 Å². The van der Waals surface area contributed by atoms with Gasteiger partial charge in [0.05, 0.1) is 10.6 Å². The van der Waals surface area contributed by atoms with Crippen LogP contribution in [0.3, 0.4) is 0 Å². The first-order chi connectivity index (χ1) is 9.66. The Balaban J connectivity index is 1.89. The van der Waals surface area contributed by atoms with Gasteiger partial charge in [0.1, 0.15) is 5.37 Å². The van der Waals surface area contributed by atoms with Crippen LogP contribution in [0, 0.1) is 0 Å². The molecule has 0 aliphatic carbocycles. The molecule has 1 aliphatic rings. The van der Waals surface area contributed by atoms with Gasteiger partial charge in [-0.1, -0.05) is 29.3 Å². The van der Waals surface area contributed by atoms with Crippen LogP contribution in [0.5, 0.6) is 0 Å². The minimum Gasteiger partial charge on any atom is -0.321 e. The molecule has 1 atom stereocenters. The van der Waals surface area contributed by atoms with Crippen molar-refractivity contribution in [1.82, 2.24) is 4.90 Å². The Labute approximate surface area is 135 Å². The molecule has 1 unspecified atom stereocenters. The smallest absolute Gasteiger partial charge is 0.256 e. The first kappa shape index (κ1) is 14.3. The fourth-order valence-electron chi connectivity index (χ4n) is 2.16. The van der Waals surface area contributed by atoms with Crippen LogP contribution >= 0.6 is 46.3 Å². The van der Waals surface area contributed by atoms with Crippen molar-refractivity contribution in [3.63, 3.8) is 0 Å². The van der Waals surface area contributed by atoms with Crippen molar-refractivity contribution < 1.29 is 4.79 Å². The molecular weight excluding hydrogens is 333 g/mol. The predicted octanol–water partition coefficient (Wildman–Crippen LogP) is 4.94. The van der Waals surface area contributed by atoms with E-state index >= 15 is 0 Å². The predicted molar refractivity (Wildman–Crippen MR) is 87.0 cm³/mol. The monoisotopic (exact) mass is 343 g/mol. The highest BCUT2D eigenvalue weighted by atomic mass is 35.5. The number of amides is 1. The van der Waals surface area contributed by atoms with Gasteiger partial charge in [-0.2, -0.15) is 0 Å². The number of hydrogen-bond acceptors (Lipinski definition) is 3. The number of carbonyl (C=O) groups is 1. The quantitative estimate of drug-likeness (QED) is 0.769. The van der Waals surface area contributed by atoms with Crippen LogP contribution in [0.15, 0.2) is 35.7 Å². The number of benzene rings is 1. The van der Waals surface area contributed by atoms with Gasteiger partial charge in [0.25, 0.3) is 5.91 Å². The van der Waals surface area contributed by atoms with Crippen molar-refractivity contribution >= 4 is 52.2 Å². The van der Waals surface area contributed by atoms with Crippen molar-refractivity contribution in [2.45, 2.75) is 5.37 Å². The fourth-order valence-corrected chi connectivity index (χ4v) is 4.89. The van der Waals surface area contributed by atoms with E-state index in [4.69, 9.17) is 23.2 Å². The summed E-state index contributed by atoms with van der Waals surface area (Å²) in [5.74, 6) is 0.912.